The van der Waals surface area contributed by atoms with E-state index in [0.29, 0.717) is 0 Å². The molecular weight excluding hydrogens is 184 g/mol. The lowest BCUT2D eigenvalue weighted by atomic mass is 10.1. The standard InChI is InChI=1S/C9H16N2O3/c1-13-9(12)8-2-3-11(8)10-4-6-14-7-5-10/h8H,2-7H2,1H3. The van der Waals surface area contributed by atoms with Crippen LogP contribution in [0.15, 0.2) is 0 Å². The van der Waals surface area contributed by atoms with Crippen molar-refractivity contribution < 1.29 is 14.3 Å². The number of rotatable bonds is 2. The molecule has 14 heavy (non-hydrogen) atoms. The molecule has 1 atom stereocenters. The molecule has 0 radical (unpaired) electrons. The van der Waals surface area contributed by atoms with Crippen LogP contribution in [0.4, 0.5) is 0 Å². The van der Waals surface area contributed by atoms with E-state index < -0.39 is 0 Å². The maximum absolute atomic E-state index is 11.3. The van der Waals surface area contributed by atoms with E-state index in [0.717, 1.165) is 39.3 Å². The van der Waals surface area contributed by atoms with E-state index in [4.69, 9.17) is 9.47 Å². The van der Waals surface area contributed by atoms with Gasteiger partial charge in [-0.25, -0.2) is 10.0 Å². The quantitative estimate of drug-likeness (QED) is 0.561. The third-order valence-corrected chi connectivity index (χ3v) is 2.82. The van der Waals surface area contributed by atoms with Crippen molar-refractivity contribution in [3.63, 3.8) is 0 Å². The van der Waals surface area contributed by atoms with Gasteiger partial charge in [-0.15, -0.1) is 0 Å². The van der Waals surface area contributed by atoms with Gasteiger partial charge >= 0.3 is 5.97 Å². The van der Waals surface area contributed by atoms with E-state index in [9.17, 15) is 4.79 Å². The third-order valence-electron chi connectivity index (χ3n) is 2.82. The number of esters is 1. The highest BCUT2D eigenvalue weighted by molar-refractivity contribution is 5.76. The molecule has 2 fully saturated rings. The molecule has 0 aromatic carbocycles. The number of ether oxygens (including phenoxy) is 2. The number of carbonyl (C=O) groups excluding carboxylic acids is 1. The number of methoxy groups -OCH3 is 1. The van der Waals surface area contributed by atoms with Crippen LogP contribution >= 0.6 is 0 Å². The van der Waals surface area contributed by atoms with Crippen molar-refractivity contribution in [2.45, 2.75) is 12.5 Å². The SMILES string of the molecule is COC(=O)C1CCN1N1CCOCC1. The normalized spacial score (nSPS) is 29.6. The summed E-state index contributed by atoms with van der Waals surface area (Å²) in [4.78, 5) is 11.3. The van der Waals surface area contributed by atoms with E-state index >= 15 is 0 Å². The fraction of sp³-hybridized carbons (Fsp3) is 0.889. The van der Waals surface area contributed by atoms with Gasteiger partial charge in [-0.1, -0.05) is 0 Å². The van der Waals surface area contributed by atoms with Gasteiger partial charge in [-0.2, -0.15) is 0 Å². The van der Waals surface area contributed by atoms with Gasteiger partial charge in [0.1, 0.15) is 6.04 Å². The van der Waals surface area contributed by atoms with Gasteiger partial charge in [-0.3, -0.25) is 4.79 Å². The Morgan fingerprint density at radius 1 is 1.36 bits per heavy atom. The Hall–Kier alpha value is -0.650. The van der Waals surface area contributed by atoms with Crippen molar-refractivity contribution in [2.24, 2.45) is 0 Å². The van der Waals surface area contributed by atoms with Gasteiger partial charge in [0.2, 0.25) is 0 Å². The average Bonchev–Trinajstić information content (AvgIpc) is 2.17. The zero-order valence-electron chi connectivity index (χ0n) is 8.44. The highest BCUT2D eigenvalue weighted by atomic mass is 16.5. The zero-order chi connectivity index (χ0) is 9.97. The molecule has 0 aromatic rings. The van der Waals surface area contributed by atoms with Gasteiger partial charge in [0.05, 0.1) is 20.3 Å². The number of hydrazine groups is 1. The minimum atomic E-state index is -0.122. The van der Waals surface area contributed by atoms with E-state index in [2.05, 4.69) is 10.0 Å². The van der Waals surface area contributed by atoms with E-state index in [1.807, 2.05) is 0 Å². The molecule has 1 unspecified atom stereocenters. The summed E-state index contributed by atoms with van der Waals surface area (Å²) in [5, 5.41) is 4.28. The lowest BCUT2D eigenvalue weighted by Gasteiger charge is -2.47. The summed E-state index contributed by atoms with van der Waals surface area (Å²) in [5.41, 5.74) is 0. The molecule has 0 spiro atoms. The van der Waals surface area contributed by atoms with Crippen LogP contribution in [0.1, 0.15) is 6.42 Å². The van der Waals surface area contributed by atoms with Crippen molar-refractivity contribution in [3.8, 4) is 0 Å². The Labute approximate surface area is 83.5 Å². The molecule has 0 aliphatic carbocycles. The van der Waals surface area contributed by atoms with Gasteiger partial charge in [0, 0.05) is 19.6 Å². The third kappa shape index (κ3) is 1.75. The Balaban J connectivity index is 1.88. The van der Waals surface area contributed by atoms with E-state index in [1.165, 1.54) is 7.11 Å². The first-order chi connectivity index (χ1) is 6.83. The molecule has 5 heteroatoms. The number of hydrogen-bond donors (Lipinski definition) is 0. The second kappa shape index (κ2) is 4.25. The monoisotopic (exact) mass is 200 g/mol. The number of morpholine rings is 1. The fourth-order valence-electron chi connectivity index (χ4n) is 1.90. The first-order valence-electron chi connectivity index (χ1n) is 5.00. The first-order valence-corrected chi connectivity index (χ1v) is 5.00. The molecule has 2 saturated heterocycles. The molecule has 0 amide bonds. The largest absolute Gasteiger partial charge is 0.468 e. The average molecular weight is 200 g/mol. The van der Waals surface area contributed by atoms with Crippen LogP contribution in [0.3, 0.4) is 0 Å². The smallest absolute Gasteiger partial charge is 0.324 e. The highest BCUT2D eigenvalue weighted by Crippen LogP contribution is 2.21. The van der Waals surface area contributed by atoms with Crippen molar-refractivity contribution in [1.82, 2.24) is 10.0 Å². The zero-order valence-corrected chi connectivity index (χ0v) is 8.44. The van der Waals surface area contributed by atoms with Crippen LogP contribution in [0.2, 0.25) is 0 Å². The van der Waals surface area contributed by atoms with E-state index in [1.54, 1.807) is 0 Å². The Morgan fingerprint density at radius 2 is 2.07 bits per heavy atom. The Bertz CT molecular complexity index is 216. The second-order valence-corrected chi connectivity index (χ2v) is 3.56. The molecule has 0 saturated carbocycles. The first kappa shape index (κ1) is 9.89. The molecule has 5 nitrogen and oxygen atoms in total. The van der Waals surface area contributed by atoms with Crippen molar-refractivity contribution in [2.75, 3.05) is 40.0 Å². The molecule has 2 aliphatic heterocycles. The van der Waals surface area contributed by atoms with Crippen molar-refractivity contribution >= 4 is 5.97 Å². The summed E-state index contributed by atoms with van der Waals surface area (Å²) < 4.78 is 9.99. The van der Waals surface area contributed by atoms with Crippen molar-refractivity contribution in [1.29, 1.82) is 0 Å². The number of carbonyl (C=O) groups is 1. The Morgan fingerprint density at radius 3 is 2.57 bits per heavy atom. The lowest BCUT2D eigenvalue weighted by Crippen LogP contribution is -2.62. The summed E-state index contributed by atoms with van der Waals surface area (Å²) >= 11 is 0. The maximum Gasteiger partial charge on any atom is 0.324 e. The molecule has 2 aliphatic rings. The molecule has 2 rings (SSSR count). The molecule has 0 N–H and O–H groups in total. The van der Waals surface area contributed by atoms with E-state index in [-0.39, 0.29) is 12.0 Å². The minimum absolute atomic E-state index is 0.0573. The topological polar surface area (TPSA) is 42.0 Å². The van der Waals surface area contributed by atoms with Crippen LogP contribution in [0.5, 0.6) is 0 Å². The predicted octanol–water partition coefficient (Wildman–Crippen LogP) is -0.519. The molecular formula is C9H16N2O3. The van der Waals surface area contributed by atoms with Crippen LogP contribution in [0, 0.1) is 0 Å². The van der Waals surface area contributed by atoms with Crippen LogP contribution in [0.25, 0.3) is 0 Å². The number of hydrogen-bond acceptors (Lipinski definition) is 5. The van der Waals surface area contributed by atoms with Crippen LogP contribution in [-0.2, 0) is 14.3 Å². The second-order valence-electron chi connectivity index (χ2n) is 3.56. The molecule has 0 bridgehead atoms. The minimum Gasteiger partial charge on any atom is -0.468 e. The fourth-order valence-corrected chi connectivity index (χ4v) is 1.90. The summed E-state index contributed by atoms with van der Waals surface area (Å²) in [7, 11) is 1.44. The summed E-state index contributed by atoms with van der Waals surface area (Å²) in [5.74, 6) is -0.122. The molecule has 0 aromatic heterocycles. The maximum atomic E-state index is 11.3. The summed E-state index contributed by atoms with van der Waals surface area (Å²) in [6, 6.07) is -0.0573. The lowest BCUT2D eigenvalue weighted by molar-refractivity contribution is -0.184. The number of nitrogens with zero attached hydrogens (tertiary/aromatic N) is 2. The molecule has 2 heterocycles. The van der Waals surface area contributed by atoms with Crippen molar-refractivity contribution in [3.05, 3.63) is 0 Å². The van der Waals surface area contributed by atoms with Gasteiger partial charge < -0.3 is 9.47 Å². The highest BCUT2D eigenvalue weighted by Gasteiger charge is 2.38. The van der Waals surface area contributed by atoms with Gasteiger partial charge in [-0.05, 0) is 6.42 Å². The predicted molar refractivity (Wildman–Crippen MR) is 49.5 cm³/mol. The van der Waals surface area contributed by atoms with Crippen LogP contribution in [-0.4, -0.2) is 62.0 Å². The summed E-state index contributed by atoms with van der Waals surface area (Å²) in [6.07, 6.45) is 0.907. The molecule has 80 valence electrons. The summed E-state index contributed by atoms with van der Waals surface area (Å²) in [6.45, 7) is 4.23. The Kier molecular flexibility index (Phi) is 3.00. The van der Waals surface area contributed by atoms with Crippen LogP contribution < -0.4 is 0 Å². The van der Waals surface area contributed by atoms with Gasteiger partial charge in [0.15, 0.2) is 0 Å². The van der Waals surface area contributed by atoms with Gasteiger partial charge in [0.25, 0.3) is 0 Å².